The van der Waals surface area contributed by atoms with Gasteiger partial charge in [0.05, 0.1) is 19.1 Å². The van der Waals surface area contributed by atoms with Crippen molar-refractivity contribution in [1.82, 2.24) is 0 Å². The van der Waals surface area contributed by atoms with Crippen LogP contribution in [0.2, 0.25) is 0 Å². The van der Waals surface area contributed by atoms with Gasteiger partial charge in [-0.25, -0.2) is 4.79 Å². The summed E-state index contributed by atoms with van der Waals surface area (Å²) in [7, 11) is 0. The molecule has 0 aromatic heterocycles. The lowest BCUT2D eigenvalue weighted by molar-refractivity contribution is -0.710. The highest BCUT2D eigenvalue weighted by atomic mass is 16.5. The third kappa shape index (κ3) is 6.69. The monoisotopic (exact) mass is 293 g/mol. The average molecular weight is 293 g/mol. The third-order valence-corrected chi connectivity index (χ3v) is 2.92. The lowest BCUT2D eigenvalue weighted by Crippen LogP contribution is -2.93. The summed E-state index contributed by atoms with van der Waals surface area (Å²) in [6.45, 7) is 4.17. The topological polar surface area (TPSA) is 103 Å². The average Bonchev–Trinajstić information content (AvgIpc) is 2.47. The zero-order valence-corrected chi connectivity index (χ0v) is 11.8. The summed E-state index contributed by atoms with van der Waals surface area (Å²) < 4.78 is 5.74. The first-order valence-corrected chi connectivity index (χ1v) is 6.62. The predicted octanol–water partition coefficient (Wildman–Crippen LogP) is -0.913. The maximum atomic E-state index is 9.53. The fourth-order valence-electron chi connectivity index (χ4n) is 1.98. The van der Waals surface area contributed by atoms with Crippen LogP contribution in [0.15, 0.2) is 42.5 Å². The van der Waals surface area contributed by atoms with Gasteiger partial charge >= 0.3 is 5.97 Å². The van der Waals surface area contributed by atoms with Gasteiger partial charge in [-0.15, -0.1) is 0 Å². The van der Waals surface area contributed by atoms with Crippen molar-refractivity contribution in [3.63, 3.8) is 0 Å². The van der Waals surface area contributed by atoms with E-state index in [4.69, 9.17) is 9.84 Å². The van der Waals surface area contributed by atoms with Crippen molar-refractivity contribution >= 4 is 11.9 Å². The van der Waals surface area contributed by atoms with E-state index in [1.807, 2.05) is 6.07 Å². The van der Waals surface area contributed by atoms with Crippen molar-refractivity contribution in [2.24, 2.45) is 0 Å². The number of benzene rings is 1. The van der Waals surface area contributed by atoms with Crippen molar-refractivity contribution in [2.75, 3.05) is 13.2 Å². The molecule has 1 fully saturated rings. The second-order valence-corrected chi connectivity index (χ2v) is 4.58. The number of carboxylic acid groups (broad SMARTS) is 2. The van der Waals surface area contributed by atoms with Gasteiger partial charge < -0.3 is 25.1 Å². The molecule has 1 aliphatic rings. The van der Waals surface area contributed by atoms with Crippen LogP contribution in [-0.2, 0) is 14.3 Å². The van der Waals surface area contributed by atoms with Crippen molar-refractivity contribution in [3.05, 3.63) is 48.0 Å². The number of morpholine rings is 1. The van der Waals surface area contributed by atoms with E-state index in [0.717, 1.165) is 13.2 Å². The smallest absolute Gasteiger partial charge is 0.328 e. The Morgan fingerprint density at radius 1 is 1.33 bits per heavy atom. The first kappa shape index (κ1) is 16.9. The number of carbonyl (C=O) groups excluding carboxylic acids is 1. The minimum atomic E-state index is -1.51. The van der Waals surface area contributed by atoms with Crippen LogP contribution < -0.4 is 10.4 Å². The van der Waals surface area contributed by atoms with Crippen LogP contribution in [0.4, 0.5) is 0 Å². The van der Waals surface area contributed by atoms with E-state index in [-0.39, 0.29) is 6.10 Å². The Hall–Kier alpha value is -2.18. The molecule has 0 saturated carbocycles. The fraction of sp³-hybridized carbons (Fsp3) is 0.333. The van der Waals surface area contributed by atoms with Crippen molar-refractivity contribution in [2.45, 2.75) is 19.1 Å². The van der Waals surface area contributed by atoms with Gasteiger partial charge in [-0.3, -0.25) is 0 Å². The molecule has 1 aromatic rings. The molecular formula is C15H19NO5. The molecule has 0 radical (unpaired) electrons. The Labute approximate surface area is 123 Å². The van der Waals surface area contributed by atoms with E-state index < -0.39 is 11.9 Å². The summed E-state index contributed by atoms with van der Waals surface area (Å²) in [6, 6.07) is 11.0. The van der Waals surface area contributed by atoms with E-state index in [1.54, 1.807) is 0 Å². The Morgan fingerprint density at radius 3 is 2.48 bits per heavy atom. The third-order valence-electron chi connectivity index (χ3n) is 2.92. The van der Waals surface area contributed by atoms with Gasteiger partial charge in [0.1, 0.15) is 12.1 Å². The molecule has 2 unspecified atom stereocenters. The predicted molar refractivity (Wildman–Crippen MR) is 73.2 cm³/mol. The van der Waals surface area contributed by atoms with E-state index in [1.165, 1.54) is 5.56 Å². The zero-order valence-electron chi connectivity index (χ0n) is 11.8. The molecule has 2 atom stereocenters. The van der Waals surface area contributed by atoms with Crippen LogP contribution >= 0.6 is 0 Å². The molecule has 2 rings (SSSR count). The number of rotatable bonds is 3. The lowest BCUT2D eigenvalue weighted by Gasteiger charge is -2.27. The number of ether oxygens (including phenoxy) is 1. The van der Waals surface area contributed by atoms with E-state index in [2.05, 4.69) is 36.5 Å². The van der Waals surface area contributed by atoms with Gasteiger partial charge in [0.15, 0.2) is 0 Å². The van der Waals surface area contributed by atoms with Crippen molar-refractivity contribution in [1.29, 1.82) is 0 Å². The van der Waals surface area contributed by atoms with Crippen LogP contribution in [0, 0.1) is 0 Å². The van der Waals surface area contributed by atoms with E-state index >= 15 is 0 Å². The molecule has 1 heterocycles. The molecular weight excluding hydrogens is 274 g/mol. The number of quaternary nitrogens is 1. The Balaban J connectivity index is 0.000000240. The normalized spacial score (nSPS) is 21.4. The second kappa shape index (κ2) is 8.89. The van der Waals surface area contributed by atoms with Crippen LogP contribution in [0.1, 0.15) is 18.6 Å². The molecule has 6 heteroatoms. The minimum Gasteiger partial charge on any atom is -0.545 e. The van der Waals surface area contributed by atoms with Gasteiger partial charge in [0, 0.05) is 6.08 Å². The molecule has 0 aliphatic carbocycles. The molecule has 1 aliphatic heterocycles. The maximum absolute atomic E-state index is 9.53. The highest BCUT2D eigenvalue weighted by Gasteiger charge is 2.25. The summed E-state index contributed by atoms with van der Waals surface area (Å²) in [5, 5.41) is 19.6. The number of carboxylic acids is 2. The molecule has 1 aromatic carbocycles. The minimum absolute atomic E-state index is 0.273. The largest absolute Gasteiger partial charge is 0.545 e. The van der Waals surface area contributed by atoms with Crippen LogP contribution in [-0.4, -0.2) is 36.2 Å². The quantitative estimate of drug-likeness (QED) is 0.702. The number of hydrogen-bond donors (Lipinski definition) is 2. The number of aliphatic carboxylic acids is 2. The SMILES string of the molecule is CC1[NH2+]CCOC1c1ccccc1.O=C([O-])/C=C/C(=O)O. The number of nitrogens with two attached hydrogens (primary N) is 1. The standard InChI is InChI=1S/C11H15NO.C4H4O4/c1-9-11(13-8-7-12-9)10-5-3-2-4-6-10;5-3(6)1-2-4(7)8/h2-6,9,11-12H,7-8H2,1H3;1-2H,(H,5,6)(H,7,8)/b;2-1+. The Morgan fingerprint density at radius 2 is 2.00 bits per heavy atom. The number of carbonyl (C=O) groups is 2. The van der Waals surface area contributed by atoms with E-state index in [0.29, 0.717) is 18.2 Å². The van der Waals surface area contributed by atoms with E-state index in [9.17, 15) is 14.7 Å². The summed E-state index contributed by atoms with van der Waals surface area (Å²) in [6.07, 6.45) is 1.22. The summed E-state index contributed by atoms with van der Waals surface area (Å²) in [5.41, 5.74) is 1.30. The van der Waals surface area contributed by atoms with Gasteiger partial charge in [0.2, 0.25) is 0 Å². The molecule has 0 amide bonds. The van der Waals surface area contributed by atoms with Gasteiger partial charge in [-0.05, 0) is 18.6 Å². The van der Waals surface area contributed by atoms with Gasteiger partial charge in [-0.1, -0.05) is 30.3 Å². The maximum Gasteiger partial charge on any atom is 0.328 e. The molecule has 1 saturated heterocycles. The highest BCUT2D eigenvalue weighted by Crippen LogP contribution is 2.20. The second-order valence-electron chi connectivity index (χ2n) is 4.58. The van der Waals surface area contributed by atoms with Crippen LogP contribution in [0.3, 0.4) is 0 Å². The molecule has 3 N–H and O–H groups in total. The number of hydrogen-bond acceptors (Lipinski definition) is 4. The first-order chi connectivity index (χ1) is 10.0. The van der Waals surface area contributed by atoms with Crippen LogP contribution in [0.25, 0.3) is 0 Å². The fourth-order valence-corrected chi connectivity index (χ4v) is 1.98. The molecule has 114 valence electrons. The zero-order chi connectivity index (χ0) is 15.7. The summed E-state index contributed by atoms with van der Waals surface area (Å²) >= 11 is 0. The molecule has 0 spiro atoms. The highest BCUT2D eigenvalue weighted by molar-refractivity contribution is 5.88. The Kier molecular flexibility index (Phi) is 7.14. The van der Waals surface area contributed by atoms with Gasteiger partial charge in [0.25, 0.3) is 0 Å². The molecule has 0 bridgehead atoms. The molecule has 21 heavy (non-hydrogen) atoms. The van der Waals surface area contributed by atoms with Crippen molar-refractivity contribution in [3.8, 4) is 0 Å². The summed E-state index contributed by atoms with van der Waals surface area (Å²) in [5.74, 6) is -2.80. The molecule has 6 nitrogen and oxygen atoms in total. The lowest BCUT2D eigenvalue weighted by atomic mass is 10.0. The van der Waals surface area contributed by atoms with Gasteiger partial charge in [-0.2, -0.15) is 0 Å². The Bertz CT molecular complexity index is 470. The summed E-state index contributed by atoms with van der Waals surface area (Å²) in [4.78, 5) is 19.0. The van der Waals surface area contributed by atoms with Crippen LogP contribution in [0.5, 0.6) is 0 Å². The first-order valence-electron chi connectivity index (χ1n) is 6.62. The van der Waals surface area contributed by atoms with Crippen molar-refractivity contribution < 1.29 is 29.9 Å².